The van der Waals surface area contributed by atoms with Crippen LogP contribution in [0.25, 0.3) is 0 Å². The van der Waals surface area contributed by atoms with E-state index < -0.39 is 35.2 Å². The van der Waals surface area contributed by atoms with Gasteiger partial charge in [-0.25, -0.2) is 8.78 Å². The number of nitrogens with zero attached hydrogens (tertiary/aromatic N) is 1. The van der Waals surface area contributed by atoms with Crippen molar-refractivity contribution in [2.24, 2.45) is 0 Å². The second-order valence-electron chi connectivity index (χ2n) is 3.27. The highest BCUT2D eigenvalue weighted by atomic mass is 19.4. The lowest BCUT2D eigenvalue weighted by Crippen LogP contribution is -2.50. The number of halogens is 8. The highest BCUT2D eigenvalue weighted by Crippen LogP contribution is 2.40. The molecule has 0 bridgehead atoms. The molecule has 2 nitrogen and oxygen atoms in total. The fraction of sp³-hybridized carbons (Fsp3) is 0.333. The van der Waals surface area contributed by atoms with Crippen molar-refractivity contribution in [1.29, 1.82) is 0 Å². The van der Waals surface area contributed by atoms with Crippen molar-refractivity contribution in [2.75, 3.05) is 5.34 Å². The van der Waals surface area contributed by atoms with Crippen LogP contribution in [0.2, 0.25) is 0 Å². The van der Waals surface area contributed by atoms with Gasteiger partial charge in [-0.1, -0.05) is 8.96 Å². The second kappa shape index (κ2) is 5.10. The monoisotopic (exact) mass is 295 g/mol. The SMILES string of the molecule is FC(F)C(F)(F)C(F)(F)Oc1ccc(N(F)F)cc1. The van der Waals surface area contributed by atoms with Crippen molar-refractivity contribution in [1.82, 2.24) is 0 Å². The Morgan fingerprint density at radius 3 is 1.79 bits per heavy atom. The maximum Gasteiger partial charge on any atom is 0.470 e. The molecule has 0 amide bonds. The van der Waals surface area contributed by atoms with Crippen LogP contribution < -0.4 is 10.1 Å². The molecule has 0 fully saturated rings. The van der Waals surface area contributed by atoms with Crippen LogP contribution in [0.5, 0.6) is 5.75 Å². The third kappa shape index (κ3) is 3.18. The Bertz CT molecular complexity index is 419. The van der Waals surface area contributed by atoms with E-state index in [-0.39, 0.29) is 0 Å². The molecule has 19 heavy (non-hydrogen) atoms. The lowest BCUT2D eigenvalue weighted by Gasteiger charge is -2.25. The third-order valence-corrected chi connectivity index (χ3v) is 1.94. The Morgan fingerprint density at radius 1 is 0.947 bits per heavy atom. The number of hydrogen-bond acceptors (Lipinski definition) is 2. The predicted molar refractivity (Wildman–Crippen MR) is 47.7 cm³/mol. The minimum absolute atomic E-state index is 0.511. The zero-order chi connectivity index (χ0) is 14.8. The Kier molecular flexibility index (Phi) is 4.11. The molecular weight excluding hydrogens is 290 g/mol. The summed E-state index contributed by atoms with van der Waals surface area (Å²) < 4.78 is 101. The molecule has 0 saturated heterocycles. The molecule has 0 aliphatic carbocycles. The van der Waals surface area contributed by atoms with E-state index in [9.17, 15) is 35.3 Å². The maximum atomic E-state index is 12.8. The van der Waals surface area contributed by atoms with E-state index in [0.29, 0.717) is 24.3 Å². The van der Waals surface area contributed by atoms with Crippen molar-refractivity contribution in [3.63, 3.8) is 0 Å². The van der Waals surface area contributed by atoms with E-state index in [0.717, 1.165) is 0 Å². The van der Waals surface area contributed by atoms with Crippen LogP contribution in [0.4, 0.5) is 41.0 Å². The van der Waals surface area contributed by atoms with Crippen LogP contribution in [0, 0.1) is 0 Å². The minimum atomic E-state index is -5.71. The van der Waals surface area contributed by atoms with Gasteiger partial charge in [0.1, 0.15) is 11.4 Å². The van der Waals surface area contributed by atoms with Gasteiger partial charge in [-0.15, -0.1) is 0 Å². The van der Waals surface area contributed by atoms with Gasteiger partial charge < -0.3 is 4.74 Å². The minimum Gasteiger partial charge on any atom is -0.428 e. The van der Waals surface area contributed by atoms with Crippen molar-refractivity contribution < 1.29 is 40.0 Å². The predicted octanol–water partition coefficient (Wildman–Crippen LogP) is 4.13. The van der Waals surface area contributed by atoms with Gasteiger partial charge in [-0.3, -0.25) is 0 Å². The molecule has 0 aliphatic heterocycles. The summed E-state index contributed by atoms with van der Waals surface area (Å²) in [5.41, 5.74) is -0.726. The first-order chi connectivity index (χ1) is 8.58. The summed E-state index contributed by atoms with van der Waals surface area (Å²) in [5, 5.41) is -1.37. The average Bonchev–Trinajstić information content (AvgIpc) is 2.28. The van der Waals surface area contributed by atoms with Gasteiger partial charge in [0.15, 0.2) is 0 Å². The summed E-state index contributed by atoms with van der Waals surface area (Å²) in [4.78, 5) is 0. The molecular formula is C9H5F8NO. The van der Waals surface area contributed by atoms with Crippen LogP contribution >= 0.6 is 0 Å². The molecule has 0 radical (unpaired) electrons. The molecule has 0 saturated carbocycles. The lowest BCUT2D eigenvalue weighted by molar-refractivity contribution is -0.342. The molecule has 1 rings (SSSR count). The molecule has 0 aliphatic rings. The van der Waals surface area contributed by atoms with E-state index in [1.165, 1.54) is 0 Å². The van der Waals surface area contributed by atoms with E-state index in [1.54, 1.807) is 0 Å². The van der Waals surface area contributed by atoms with Crippen molar-refractivity contribution in [3.05, 3.63) is 24.3 Å². The molecule has 0 atom stereocenters. The van der Waals surface area contributed by atoms with Crippen molar-refractivity contribution >= 4 is 5.69 Å². The van der Waals surface area contributed by atoms with E-state index >= 15 is 0 Å². The number of anilines is 1. The topological polar surface area (TPSA) is 12.5 Å². The number of alkyl halides is 6. The number of benzene rings is 1. The highest BCUT2D eigenvalue weighted by Gasteiger charge is 2.66. The zero-order valence-corrected chi connectivity index (χ0v) is 8.77. The van der Waals surface area contributed by atoms with Crippen LogP contribution in [-0.2, 0) is 0 Å². The van der Waals surface area contributed by atoms with Crippen LogP contribution in [-0.4, -0.2) is 18.5 Å². The van der Waals surface area contributed by atoms with E-state index in [4.69, 9.17) is 0 Å². The Labute approximate surface area is 101 Å². The van der Waals surface area contributed by atoms with E-state index in [1.807, 2.05) is 0 Å². The normalized spacial score (nSPS) is 12.7. The summed E-state index contributed by atoms with van der Waals surface area (Å²) >= 11 is 0. The summed E-state index contributed by atoms with van der Waals surface area (Å²) in [6.07, 6.45) is -10.1. The van der Waals surface area contributed by atoms with Crippen molar-refractivity contribution in [2.45, 2.75) is 18.5 Å². The highest BCUT2D eigenvalue weighted by molar-refractivity contribution is 5.44. The van der Waals surface area contributed by atoms with Crippen LogP contribution in [0.15, 0.2) is 24.3 Å². The lowest BCUT2D eigenvalue weighted by atomic mass is 10.3. The van der Waals surface area contributed by atoms with Gasteiger partial charge in [0.05, 0.1) is 0 Å². The first-order valence-corrected chi connectivity index (χ1v) is 4.52. The Morgan fingerprint density at radius 2 is 1.42 bits per heavy atom. The van der Waals surface area contributed by atoms with Gasteiger partial charge in [-0.2, -0.15) is 17.6 Å². The number of rotatable bonds is 5. The maximum absolute atomic E-state index is 12.8. The smallest absolute Gasteiger partial charge is 0.428 e. The molecule has 0 N–H and O–H groups in total. The van der Waals surface area contributed by atoms with Gasteiger partial charge in [0, 0.05) is 0 Å². The van der Waals surface area contributed by atoms with Gasteiger partial charge >= 0.3 is 18.5 Å². The molecule has 1 aromatic rings. The van der Waals surface area contributed by atoms with Gasteiger partial charge in [-0.05, 0) is 29.6 Å². The molecule has 0 spiro atoms. The summed E-state index contributed by atoms with van der Waals surface area (Å²) in [6, 6.07) is 2.17. The summed E-state index contributed by atoms with van der Waals surface area (Å²) in [5.74, 6) is -6.67. The van der Waals surface area contributed by atoms with Gasteiger partial charge in [0.2, 0.25) is 0 Å². The standard InChI is InChI=1S/C9H5F8NO/c10-7(11)8(12,13)9(14,15)19-6-3-1-5(2-4-6)18(16)17/h1-4,7H. The fourth-order valence-electron chi connectivity index (χ4n) is 0.970. The first-order valence-electron chi connectivity index (χ1n) is 4.52. The molecule has 108 valence electrons. The molecule has 0 heterocycles. The quantitative estimate of drug-likeness (QED) is 0.598. The molecule has 1 aromatic carbocycles. The summed E-state index contributed by atoms with van der Waals surface area (Å²) in [7, 11) is 0. The summed E-state index contributed by atoms with van der Waals surface area (Å²) in [6.45, 7) is 0. The Balaban J connectivity index is 2.89. The first kappa shape index (κ1) is 15.3. The number of ether oxygens (including phenoxy) is 1. The fourth-order valence-corrected chi connectivity index (χ4v) is 0.970. The van der Waals surface area contributed by atoms with E-state index in [2.05, 4.69) is 4.74 Å². The molecule has 0 unspecified atom stereocenters. The van der Waals surface area contributed by atoms with Crippen LogP contribution in [0.3, 0.4) is 0 Å². The zero-order valence-electron chi connectivity index (χ0n) is 8.77. The molecule has 10 heteroatoms. The Hall–Kier alpha value is -1.74. The van der Waals surface area contributed by atoms with Crippen LogP contribution in [0.1, 0.15) is 0 Å². The third-order valence-electron chi connectivity index (χ3n) is 1.94. The average molecular weight is 295 g/mol. The van der Waals surface area contributed by atoms with Gasteiger partial charge in [0.25, 0.3) is 0 Å². The molecule has 0 aromatic heterocycles. The van der Waals surface area contributed by atoms with Crippen molar-refractivity contribution in [3.8, 4) is 5.75 Å². The second-order valence-corrected chi connectivity index (χ2v) is 3.27. The number of hydrogen-bond donors (Lipinski definition) is 0. The largest absolute Gasteiger partial charge is 0.470 e.